The third-order valence-electron chi connectivity index (χ3n) is 9.81. The molecule has 3 aliphatic heterocycles. The van der Waals surface area contributed by atoms with E-state index in [4.69, 9.17) is 23.7 Å². The standard InChI is InChI=1S/C33H38N2O12/c1-13(2)34-32(41)33(42)11-16-22(28(39)24-23(26(16)37)25(36)15-6-5-7-18(43-4)21(15)27(24)38)19(12-33)46-20-10-17-29(14(3)45-20)47-30-31(40)44-9-8-35(17)30/h5-7,13-14,17,19-20,29-31,37,39-40,42H,8-12H2,1-4H3,(H,34,41)/t14-,17?,19-,20-,29+,30+,31-,33-/m0/s1. The normalized spacial score (nSPS) is 33.0. The fraction of sp³-hybridized carbons (Fsp3) is 0.545. The van der Waals surface area contributed by atoms with Crippen molar-refractivity contribution in [2.45, 2.75) is 94.8 Å². The molecule has 1 unspecified atom stereocenters. The number of phenolic OH excluding ortho intramolecular Hbond substituents is 2. The van der Waals surface area contributed by atoms with Crippen LogP contribution < -0.4 is 10.1 Å². The number of phenols is 2. The molecule has 0 aromatic heterocycles. The van der Waals surface area contributed by atoms with Gasteiger partial charge in [0.15, 0.2) is 24.6 Å². The topological polar surface area (TPSA) is 194 Å². The molecule has 2 aromatic rings. The summed E-state index contributed by atoms with van der Waals surface area (Å²) in [6.45, 7) is 6.07. The lowest BCUT2D eigenvalue weighted by atomic mass is 9.72. The Labute approximate surface area is 270 Å². The number of aromatic hydroxyl groups is 2. The number of fused-ring (bicyclic) bond motifs is 6. The number of hydrogen-bond acceptors (Lipinski definition) is 13. The zero-order valence-electron chi connectivity index (χ0n) is 26.4. The summed E-state index contributed by atoms with van der Waals surface area (Å²) in [6.07, 6.45) is -5.48. The van der Waals surface area contributed by atoms with Gasteiger partial charge in [-0.2, -0.15) is 0 Å². The van der Waals surface area contributed by atoms with Gasteiger partial charge in [0, 0.05) is 54.6 Å². The smallest absolute Gasteiger partial charge is 0.252 e. The van der Waals surface area contributed by atoms with Gasteiger partial charge in [-0.25, -0.2) is 0 Å². The second-order valence-electron chi connectivity index (χ2n) is 13.1. The largest absolute Gasteiger partial charge is 0.507 e. The average Bonchev–Trinajstić information content (AvgIpc) is 3.41. The molecule has 0 saturated carbocycles. The van der Waals surface area contributed by atoms with Gasteiger partial charge in [0.05, 0.1) is 42.6 Å². The third-order valence-corrected chi connectivity index (χ3v) is 9.81. The van der Waals surface area contributed by atoms with E-state index in [1.807, 2.05) is 4.90 Å². The monoisotopic (exact) mass is 654 g/mol. The van der Waals surface area contributed by atoms with Crippen LogP contribution in [0.5, 0.6) is 17.2 Å². The summed E-state index contributed by atoms with van der Waals surface area (Å²) in [5.74, 6) is -3.28. The van der Waals surface area contributed by atoms with Gasteiger partial charge < -0.3 is 49.4 Å². The van der Waals surface area contributed by atoms with E-state index in [1.165, 1.54) is 25.3 Å². The molecule has 14 heteroatoms. The summed E-state index contributed by atoms with van der Waals surface area (Å²) in [4.78, 5) is 43.1. The Morgan fingerprint density at radius 1 is 1.11 bits per heavy atom. The number of carbonyl (C=O) groups excluding carboxylic acids is 3. The van der Waals surface area contributed by atoms with Crippen molar-refractivity contribution in [3.8, 4) is 17.2 Å². The Morgan fingerprint density at radius 2 is 1.85 bits per heavy atom. The zero-order chi connectivity index (χ0) is 33.5. The minimum absolute atomic E-state index is 0.0163. The number of morpholine rings is 1. The van der Waals surface area contributed by atoms with E-state index in [0.29, 0.717) is 13.2 Å². The Morgan fingerprint density at radius 3 is 2.57 bits per heavy atom. The molecule has 14 nitrogen and oxygen atoms in total. The van der Waals surface area contributed by atoms with Crippen LogP contribution in [-0.4, -0.2) is 112 Å². The van der Waals surface area contributed by atoms with Crippen LogP contribution in [0, 0.1) is 0 Å². The molecule has 2 aromatic carbocycles. The van der Waals surface area contributed by atoms with Crippen LogP contribution in [0.25, 0.3) is 0 Å². The van der Waals surface area contributed by atoms with Crippen LogP contribution in [0.4, 0.5) is 0 Å². The number of carbonyl (C=O) groups is 3. The first-order valence-electron chi connectivity index (χ1n) is 15.8. The number of benzene rings is 2. The zero-order valence-corrected chi connectivity index (χ0v) is 26.4. The molecular formula is C33H38N2O12. The molecule has 5 N–H and O–H groups in total. The molecule has 252 valence electrons. The van der Waals surface area contributed by atoms with Gasteiger partial charge in [0.2, 0.25) is 5.78 Å². The first kappa shape index (κ1) is 31.9. The van der Waals surface area contributed by atoms with Gasteiger partial charge >= 0.3 is 0 Å². The number of ketones is 2. The SMILES string of the molecule is COc1cccc2c1C(=O)c1c(O)c3c(c(O)c1C2=O)C[C@@](O)(C(=O)NC(C)C)C[C@@H]3O[C@H]1CC2[C@H](O[C@@H]3[C@@H](O)OCCN23)[C@H](C)O1. The summed E-state index contributed by atoms with van der Waals surface area (Å²) < 4.78 is 29.4. The highest BCUT2D eigenvalue weighted by Gasteiger charge is 2.55. The van der Waals surface area contributed by atoms with E-state index < -0.39 is 89.2 Å². The second-order valence-corrected chi connectivity index (χ2v) is 13.1. The van der Waals surface area contributed by atoms with Crippen LogP contribution in [0.15, 0.2) is 18.2 Å². The molecule has 7 rings (SSSR count). The van der Waals surface area contributed by atoms with Crippen LogP contribution in [0.3, 0.4) is 0 Å². The van der Waals surface area contributed by atoms with Crippen molar-refractivity contribution in [1.29, 1.82) is 0 Å². The van der Waals surface area contributed by atoms with Gasteiger partial charge in [0.25, 0.3) is 5.91 Å². The molecule has 47 heavy (non-hydrogen) atoms. The molecule has 0 radical (unpaired) electrons. The fourth-order valence-corrected chi connectivity index (χ4v) is 7.73. The molecule has 0 spiro atoms. The molecule has 5 aliphatic rings. The number of hydrogen-bond donors (Lipinski definition) is 5. The van der Waals surface area contributed by atoms with Gasteiger partial charge in [-0.05, 0) is 26.8 Å². The third kappa shape index (κ3) is 4.93. The Bertz CT molecular complexity index is 1660. The van der Waals surface area contributed by atoms with Crippen molar-refractivity contribution in [1.82, 2.24) is 10.2 Å². The van der Waals surface area contributed by atoms with E-state index in [9.17, 15) is 34.8 Å². The van der Waals surface area contributed by atoms with Crippen molar-refractivity contribution < 1.29 is 58.5 Å². The van der Waals surface area contributed by atoms with E-state index in [-0.39, 0.29) is 52.9 Å². The van der Waals surface area contributed by atoms with Crippen LogP contribution in [0.1, 0.15) is 82.7 Å². The second kappa shape index (κ2) is 11.5. The molecule has 8 atom stereocenters. The minimum atomic E-state index is -2.12. The maximum absolute atomic E-state index is 13.9. The Kier molecular flexibility index (Phi) is 7.82. The van der Waals surface area contributed by atoms with Gasteiger partial charge in [-0.3, -0.25) is 19.3 Å². The molecule has 3 fully saturated rings. The summed E-state index contributed by atoms with van der Waals surface area (Å²) >= 11 is 0. The van der Waals surface area contributed by atoms with Crippen molar-refractivity contribution in [3.05, 3.63) is 51.6 Å². The number of aliphatic hydroxyl groups is 2. The number of methoxy groups -OCH3 is 1. The van der Waals surface area contributed by atoms with Gasteiger partial charge in [0.1, 0.15) is 29.0 Å². The van der Waals surface area contributed by atoms with Crippen molar-refractivity contribution in [3.63, 3.8) is 0 Å². The summed E-state index contributed by atoms with van der Waals surface area (Å²) in [5.41, 5.74) is -3.15. The number of rotatable bonds is 5. The predicted octanol–water partition coefficient (Wildman–Crippen LogP) is 1.02. The van der Waals surface area contributed by atoms with E-state index in [2.05, 4.69) is 5.32 Å². The maximum atomic E-state index is 13.9. The first-order valence-corrected chi connectivity index (χ1v) is 15.8. The summed E-state index contributed by atoms with van der Waals surface area (Å²) in [6, 6.07) is 3.92. The number of ether oxygens (including phenoxy) is 5. The highest BCUT2D eigenvalue weighted by atomic mass is 16.7. The molecule has 3 heterocycles. The summed E-state index contributed by atoms with van der Waals surface area (Å²) in [7, 11) is 1.35. The number of nitrogens with one attached hydrogen (secondary N) is 1. The van der Waals surface area contributed by atoms with Gasteiger partial charge in [-0.15, -0.1) is 0 Å². The molecule has 3 saturated heterocycles. The highest BCUT2D eigenvalue weighted by molar-refractivity contribution is 6.31. The van der Waals surface area contributed by atoms with Crippen LogP contribution in [0.2, 0.25) is 0 Å². The molecular weight excluding hydrogens is 616 g/mol. The lowest BCUT2D eigenvalue weighted by Gasteiger charge is -2.43. The fourth-order valence-electron chi connectivity index (χ4n) is 7.73. The average molecular weight is 655 g/mol. The van der Waals surface area contributed by atoms with E-state index in [0.717, 1.165) is 0 Å². The lowest BCUT2D eigenvalue weighted by Crippen LogP contribution is -2.55. The van der Waals surface area contributed by atoms with Crippen LogP contribution >= 0.6 is 0 Å². The van der Waals surface area contributed by atoms with Crippen molar-refractivity contribution in [2.75, 3.05) is 20.3 Å². The molecule has 1 amide bonds. The number of aliphatic hydroxyl groups excluding tert-OH is 1. The number of amides is 1. The number of nitrogens with zero attached hydrogens (tertiary/aromatic N) is 1. The summed E-state index contributed by atoms with van der Waals surface area (Å²) in [5, 5.41) is 48.4. The highest BCUT2D eigenvalue weighted by Crippen LogP contribution is 2.53. The van der Waals surface area contributed by atoms with Crippen LogP contribution in [-0.2, 0) is 30.2 Å². The minimum Gasteiger partial charge on any atom is -0.507 e. The van der Waals surface area contributed by atoms with E-state index in [1.54, 1.807) is 20.8 Å². The molecule has 2 aliphatic carbocycles. The predicted molar refractivity (Wildman–Crippen MR) is 160 cm³/mol. The molecule has 0 bridgehead atoms. The first-order chi connectivity index (χ1) is 22.3. The quantitative estimate of drug-likeness (QED) is 0.245. The lowest BCUT2D eigenvalue weighted by molar-refractivity contribution is -0.252. The van der Waals surface area contributed by atoms with Gasteiger partial charge in [-0.1, -0.05) is 12.1 Å². The van der Waals surface area contributed by atoms with Crippen molar-refractivity contribution >= 4 is 17.5 Å². The Hall–Kier alpha value is -3.63. The van der Waals surface area contributed by atoms with E-state index >= 15 is 0 Å². The maximum Gasteiger partial charge on any atom is 0.252 e. The Balaban J connectivity index is 1.31. The van der Waals surface area contributed by atoms with Crippen molar-refractivity contribution in [2.24, 2.45) is 0 Å².